The number of amides is 1. The Morgan fingerprint density at radius 2 is 2.21 bits per heavy atom. The van der Waals surface area contributed by atoms with Crippen LogP contribution in [0.5, 0.6) is 0 Å². The molecule has 1 fully saturated rings. The van der Waals surface area contributed by atoms with Gasteiger partial charge in [0.25, 0.3) is 5.56 Å². The van der Waals surface area contributed by atoms with Crippen molar-refractivity contribution in [3.8, 4) is 0 Å². The van der Waals surface area contributed by atoms with Crippen LogP contribution in [-0.2, 0) is 11.3 Å². The number of likely N-dealkylation sites (tertiary alicyclic amines) is 1. The van der Waals surface area contributed by atoms with Crippen LogP contribution in [0, 0.1) is 6.92 Å². The minimum Gasteiger partial charge on any atom is -0.338 e. The number of carbonyl (C=O) groups is 1. The molecular formula is C15H22N2O2. The van der Waals surface area contributed by atoms with Crippen molar-refractivity contribution in [3.63, 3.8) is 0 Å². The minimum atomic E-state index is -0.0686. The Morgan fingerprint density at radius 3 is 2.95 bits per heavy atom. The first-order valence-corrected chi connectivity index (χ1v) is 7.09. The van der Waals surface area contributed by atoms with Crippen molar-refractivity contribution < 1.29 is 4.79 Å². The van der Waals surface area contributed by atoms with E-state index in [1.165, 1.54) is 11.0 Å². The maximum absolute atomic E-state index is 12.4. The molecule has 0 bridgehead atoms. The predicted octanol–water partition coefficient (Wildman–Crippen LogP) is 1.95. The first-order valence-electron chi connectivity index (χ1n) is 7.09. The molecule has 1 atom stereocenters. The van der Waals surface area contributed by atoms with E-state index in [2.05, 4.69) is 6.92 Å². The molecule has 4 heteroatoms. The lowest BCUT2D eigenvalue weighted by molar-refractivity contribution is -0.135. The van der Waals surface area contributed by atoms with Crippen molar-refractivity contribution in [2.24, 2.45) is 0 Å². The van der Waals surface area contributed by atoms with Gasteiger partial charge in [0.15, 0.2) is 0 Å². The average Bonchev–Trinajstić information content (AvgIpc) is 2.43. The van der Waals surface area contributed by atoms with Gasteiger partial charge in [-0.3, -0.25) is 9.59 Å². The van der Waals surface area contributed by atoms with E-state index in [4.69, 9.17) is 0 Å². The highest BCUT2D eigenvalue weighted by atomic mass is 16.2. The molecular weight excluding hydrogens is 240 g/mol. The van der Waals surface area contributed by atoms with Crippen molar-refractivity contribution in [1.82, 2.24) is 9.47 Å². The first kappa shape index (κ1) is 13.8. The molecule has 0 aliphatic carbocycles. The van der Waals surface area contributed by atoms with E-state index < -0.39 is 0 Å². The van der Waals surface area contributed by atoms with Crippen molar-refractivity contribution in [1.29, 1.82) is 0 Å². The topological polar surface area (TPSA) is 42.3 Å². The zero-order valence-corrected chi connectivity index (χ0v) is 11.8. The maximum atomic E-state index is 12.4. The Morgan fingerprint density at radius 1 is 1.42 bits per heavy atom. The van der Waals surface area contributed by atoms with Gasteiger partial charge < -0.3 is 9.47 Å². The molecule has 0 aromatic carbocycles. The molecule has 1 aromatic heterocycles. The molecule has 0 saturated carbocycles. The van der Waals surface area contributed by atoms with Gasteiger partial charge in [-0.25, -0.2) is 0 Å². The molecule has 1 saturated heterocycles. The van der Waals surface area contributed by atoms with Crippen molar-refractivity contribution in [2.45, 2.75) is 52.1 Å². The summed E-state index contributed by atoms with van der Waals surface area (Å²) in [4.78, 5) is 26.3. The summed E-state index contributed by atoms with van der Waals surface area (Å²) < 4.78 is 1.51. The van der Waals surface area contributed by atoms with E-state index in [-0.39, 0.29) is 18.0 Å². The van der Waals surface area contributed by atoms with Crippen LogP contribution in [0.25, 0.3) is 0 Å². The number of hydrogen-bond acceptors (Lipinski definition) is 2. The summed E-state index contributed by atoms with van der Waals surface area (Å²) in [6, 6.07) is 3.94. The third kappa shape index (κ3) is 3.06. The predicted molar refractivity (Wildman–Crippen MR) is 75.1 cm³/mol. The Balaban J connectivity index is 2.12. The summed E-state index contributed by atoms with van der Waals surface area (Å²) in [6.45, 7) is 4.89. The van der Waals surface area contributed by atoms with Gasteiger partial charge in [-0.05, 0) is 38.7 Å². The number of piperidine rings is 1. The lowest BCUT2D eigenvalue weighted by Crippen LogP contribution is -2.45. The van der Waals surface area contributed by atoms with Gasteiger partial charge in [0.1, 0.15) is 6.54 Å². The van der Waals surface area contributed by atoms with Crippen molar-refractivity contribution >= 4 is 5.91 Å². The molecule has 1 aromatic rings. The summed E-state index contributed by atoms with van der Waals surface area (Å²) in [6.07, 6.45) is 6.05. The Bertz CT molecular complexity index is 507. The van der Waals surface area contributed by atoms with Crippen LogP contribution >= 0.6 is 0 Å². The lowest BCUT2D eigenvalue weighted by atomic mass is 10.00. The number of pyridine rings is 1. The number of hydrogen-bond donors (Lipinski definition) is 0. The second kappa shape index (κ2) is 6.04. The number of aromatic nitrogens is 1. The van der Waals surface area contributed by atoms with E-state index in [0.29, 0.717) is 11.6 Å². The van der Waals surface area contributed by atoms with E-state index in [9.17, 15) is 9.59 Å². The molecule has 0 N–H and O–H groups in total. The molecule has 1 aliphatic rings. The van der Waals surface area contributed by atoms with Crippen LogP contribution in [0.1, 0.15) is 38.2 Å². The van der Waals surface area contributed by atoms with E-state index in [1.807, 2.05) is 11.0 Å². The standard InChI is InChI=1S/C15H22N2O2/c1-3-13-8-4-5-10-17(13)14(18)11-16-9-6-7-12(2)15(16)19/h6-7,9,13H,3-5,8,10-11H2,1-2H3. The summed E-state index contributed by atoms with van der Waals surface area (Å²) in [7, 11) is 0. The smallest absolute Gasteiger partial charge is 0.253 e. The fourth-order valence-electron chi connectivity index (χ4n) is 2.77. The summed E-state index contributed by atoms with van der Waals surface area (Å²) >= 11 is 0. The molecule has 0 radical (unpaired) electrons. The molecule has 0 spiro atoms. The number of nitrogens with zero attached hydrogens (tertiary/aromatic N) is 2. The molecule has 104 valence electrons. The number of carbonyl (C=O) groups excluding carboxylic acids is 1. The van der Waals surface area contributed by atoms with Crippen LogP contribution in [0.3, 0.4) is 0 Å². The quantitative estimate of drug-likeness (QED) is 0.835. The first-order chi connectivity index (χ1) is 9.13. The van der Waals surface area contributed by atoms with Gasteiger partial charge in [0.05, 0.1) is 0 Å². The van der Waals surface area contributed by atoms with Crippen LogP contribution in [0.2, 0.25) is 0 Å². The molecule has 19 heavy (non-hydrogen) atoms. The maximum Gasteiger partial charge on any atom is 0.253 e. The third-order valence-electron chi connectivity index (χ3n) is 3.93. The highest BCUT2D eigenvalue weighted by Gasteiger charge is 2.25. The van der Waals surface area contributed by atoms with E-state index in [0.717, 1.165) is 25.8 Å². The summed E-state index contributed by atoms with van der Waals surface area (Å²) in [5.41, 5.74) is 0.613. The van der Waals surface area contributed by atoms with Gasteiger partial charge in [-0.15, -0.1) is 0 Å². The van der Waals surface area contributed by atoms with Crippen molar-refractivity contribution in [2.75, 3.05) is 6.54 Å². The Kier molecular flexibility index (Phi) is 4.40. The lowest BCUT2D eigenvalue weighted by Gasteiger charge is -2.35. The summed E-state index contributed by atoms with van der Waals surface area (Å²) in [5, 5.41) is 0. The average molecular weight is 262 g/mol. The van der Waals surface area contributed by atoms with Gasteiger partial charge >= 0.3 is 0 Å². The molecule has 1 amide bonds. The van der Waals surface area contributed by atoms with E-state index in [1.54, 1.807) is 19.2 Å². The number of rotatable bonds is 3. The van der Waals surface area contributed by atoms with Crippen LogP contribution < -0.4 is 5.56 Å². The van der Waals surface area contributed by atoms with Crippen molar-refractivity contribution in [3.05, 3.63) is 34.2 Å². The summed E-state index contributed by atoms with van der Waals surface area (Å²) in [5.74, 6) is 0.0688. The molecule has 1 aliphatic heterocycles. The third-order valence-corrected chi connectivity index (χ3v) is 3.93. The van der Waals surface area contributed by atoms with Gasteiger partial charge in [-0.1, -0.05) is 13.0 Å². The van der Waals surface area contributed by atoms with Gasteiger partial charge in [0.2, 0.25) is 5.91 Å². The fourth-order valence-corrected chi connectivity index (χ4v) is 2.77. The Labute approximate surface area is 114 Å². The highest BCUT2D eigenvalue weighted by molar-refractivity contribution is 5.76. The molecule has 2 rings (SSSR count). The molecule has 1 unspecified atom stereocenters. The van der Waals surface area contributed by atoms with Crippen LogP contribution in [-0.4, -0.2) is 28.0 Å². The molecule has 2 heterocycles. The zero-order chi connectivity index (χ0) is 13.8. The fraction of sp³-hybridized carbons (Fsp3) is 0.600. The Hall–Kier alpha value is -1.58. The second-order valence-corrected chi connectivity index (χ2v) is 5.27. The van der Waals surface area contributed by atoms with Gasteiger partial charge in [0, 0.05) is 24.3 Å². The minimum absolute atomic E-state index is 0.0686. The second-order valence-electron chi connectivity index (χ2n) is 5.27. The zero-order valence-electron chi connectivity index (χ0n) is 11.8. The van der Waals surface area contributed by atoms with Gasteiger partial charge in [-0.2, -0.15) is 0 Å². The van der Waals surface area contributed by atoms with E-state index >= 15 is 0 Å². The normalized spacial score (nSPS) is 19.5. The monoisotopic (exact) mass is 262 g/mol. The largest absolute Gasteiger partial charge is 0.338 e. The SMILES string of the molecule is CCC1CCCCN1C(=O)Cn1cccc(C)c1=O. The highest BCUT2D eigenvalue weighted by Crippen LogP contribution is 2.19. The van der Waals surface area contributed by atoms with Crippen LogP contribution in [0.15, 0.2) is 23.1 Å². The van der Waals surface area contributed by atoms with Crippen LogP contribution in [0.4, 0.5) is 0 Å². The number of aryl methyl sites for hydroxylation is 1. The molecule has 4 nitrogen and oxygen atoms in total.